The van der Waals surface area contributed by atoms with Gasteiger partial charge in [0.05, 0.1) is 13.2 Å². The summed E-state index contributed by atoms with van der Waals surface area (Å²) in [6.07, 6.45) is 5.24. The number of rotatable bonds is 4. The standard InChI is InChI=1S/C15H17N3O3/c1-3-9-21-18-13-10-17(15(18)20)8-6-11(13)12-5-4-7-16(2)14(12)19/h3-7,13H,1,8-10H2,2H3. The molecule has 1 atom stereocenters. The van der Waals surface area contributed by atoms with Crippen molar-refractivity contribution < 1.29 is 9.63 Å². The van der Waals surface area contributed by atoms with Crippen LogP contribution in [0, 0.1) is 0 Å². The zero-order chi connectivity index (χ0) is 15.0. The quantitative estimate of drug-likeness (QED) is 0.777. The minimum absolute atomic E-state index is 0.0692. The SMILES string of the molecule is C=CCON1C(=O)N2CC=C(c3cccn(C)c3=O)C1C2. The van der Waals surface area contributed by atoms with Crippen LogP contribution >= 0.6 is 0 Å². The minimum atomic E-state index is -0.249. The molecule has 3 rings (SSSR count). The summed E-state index contributed by atoms with van der Waals surface area (Å²) in [5, 5.41) is 1.35. The van der Waals surface area contributed by atoms with E-state index in [9.17, 15) is 9.59 Å². The molecule has 2 aliphatic heterocycles. The third-order valence-electron chi connectivity index (χ3n) is 3.79. The van der Waals surface area contributed by atoms with Crippen molar-refractivity contribution in [2.24, 2.45) is 7.05 Å². The number of pyridine rings is 1. The summed E-state index contributed by atoms with van der Waals surface area (Å²) in [6, 6.07) is 3.20. The average molecular weight is 287 g/mol. The Balaban J connectivity index is 1.98. The molecule has 1 aromatic heterocycles. The molecule has 0 aromatic carbocycles. The lowest BCUT2D eigenvalue weighted by Gasteiger charge is -2.24. The smallest absolute Gasteiger partial charge is 0.318 e. The van der Waals surface area contributed by atoms with Gasteiger partial charge in [-0.2, -0.15) is 5.06 Å². The van der Waals surface area contributed by atoms with Crippen molar-refractivity contribution in [2.45, 2.75) is 6.04 Å². The Labute approximate surface area is 122 Å². The Hall–Kier alpha value is -2.34. The van der Waals surface area contributed by atoms with Crippen LogP contribution < -0.4 is 5.56 Å². The summed E-state index contributed by atoms with van der Waals surface area (Å²) in [7, 11) is 1.72. The van der Waals surface area contributed by atoms with Crippen molar-refractivity contribution in [3.05, 3.63) is 53.0 Å². The second-order valence-corrected chi connectivity index (χ2v) is 5.11. The molecule has 0 radical (unpaired) electrons. The van der Waals surface area contributed by atoms with E-state index < -0.39 is 0 Å². The number of hydrogen-bond acceptors (Lipinski definition) is 3. The van der Waals surface area contributed by atoms with E-state index in [1.54, 1.807) is 30.3 Å². The summed E-state index contributed by atoms with van der Waals surface area (Å²) in [5.41, 5.74) is 1.40. The van der Waals surface area contributed by atoms with Crippen LogP contribution in [0.3, 0.4) is 0 Å². The number of hydroxylamine groups is 2. The Morgan fingerprint density at radius 2 is 2.29 bits per heavy atom. The molecule has 1 fully saturated rings. The first kappa shape index (κ1) is 13.6. The second-order valence-electron chi connectivity index (χ2n) is 5.11. The maximum Gasteiger partial charge on any atom is 0.344 e. The third-order valence-corrected chi connectivity index (χ3v) is 3.79. The van der Waals surface area contributed by atoms with Crippen LogP contribution in [0.25, 0.3) is 5.57 Å². The van der Waals surface area contributed by atoms with Gasteiger partial charge in [-0.1, -0.05) is 12.2 Å². The Morgan fingerprint density at radius 3 is 3.05 bits per heavy atom. The normalized spacial score (nSPS) is 20.7. The molecule has 2 amide bonds. The van der Waals surface area contributed by atoms with E-state index in [4.69, 9.17) is 4.84 Å². The van der Waals surface area contributed by atoms with Gasteiger partial charge in [-0.25, -0.2) is 4.79 Å². The molecule has 110 valence electrons. The number of nitrogens with zero attached hydrogens (tertiary/aromatic N) is 3. The highest BCUT2D eigenvalue weighted by molar-refractivity contribution is 5.84. The van der Waals surface area contributed by atoms with E-state index in [1.165, 1.54) is 9.63 Å². The molecule has 1 aromatic rings. The van der Waals surface area contributed by atoms with Crippen LogP contribution in [0.1, 0.15) is 5.56 Å². The maximum atomic E-state index is 12.3. The highest BCUT2D eigenvalue weighted by Crippen LogP contribution is 2.31. The number of hydrogen-bond donors (Lipinski definition) is 0. The predicted octanol–water partition coefficient (Wildman–Crippen LogP) is 1.01. The van der Waals surface area contributed by atoms with E-state index in [1.807, 2.05) is 12.1 Å². The molecule has 1 saturated heterocycles. The van der Waals surface area contributed by atoms with Crippen molar-refractivity contribution >= 4 is 11.6 Å². The number of aryl methyl sites for hydroxylation is 1. The van der Waals surface area contributed by atoms with Crippen molar-refractivity contribution in [1.82, 2.24) is 14.5 Å². The van der Waals surface area contributed by atoms with Crippen LogP contribution in [-0.2, 0) is 11.9 Å². The van der Waals surface area contributed by atoms with Gasteiger partial charge in [0.25, 0.3) is 5.56 Å². The fraction of sp³-hybridized carbons (Fsp3) is 0.333. The van der Waals surface area contributed by atoms with Gasteiger partial charge < -0.3 is 9.47 Å². The van der Waals surface area contributed by atoms with E-state index in [2.05, 4.69) is 6.58 Å². The lowest BCUT2D eigenvalue weighted by molar-refractivity contribution is -0.105. The number of amides is 2. The third kappa shape index (κ3) is 2.17. The Kier molecular flexibility index (Phi) is 3.39. The molecule has 6 nitrogen and oxygen atoms in total. The highest BCUT2D eigenvalue weighted by Gasteiger charge is 2.43. The van der Waals surface area contributed by atoms with Crippen LogP contribution in [0.5, 0.6) is 0 Å². The van der Waals surface area contributed by atoms with Crippen LogP contribution in [0.4, 0.5) is 4.79 Å². The molecular weight excluding hydrogens is 270 g/mol. The summed E-state index contributed by atoms with van der Waals surface area (Å²) < 4.78 is 1.54. The number of fused-ring (bicyclic) bond motifs is 2. The molecule has 0 saturated carbocycles. The summed E-state index contributed by atoms with van der Waals surface area (Å²) in [5.74, 6) is 0. The fourth-order valence-corrected chi connectivity index (χ4v) is 2.74. The van der Waals surface area contributed by atoms with Gasteiger partial charge >= 0.3 is 6.03 Å². The van der Waals surface area contributed by atoms with Gasteiger partial charge in [0.1, 0.15) is 6.04 Å². The fourth-order valence-electron chi connectivity index (χ4n) is 2.74. The summed E-state index contributed by atoms with van der Waals surface area (Å²) in [6.45, 7) is 4.89. The number of carbonyl (C=O) groups is 1. The van der Waals surface area contributed by atoms with Gasteiger partial charge in [-0.3, -0.25) is 9.63 Å². The van der Waals surface area contributed by atoms with Crippen LogP contribution in [-0.4, -0.2) is 46.3 Å². The summed E-state index contributed by atoms with van der Waals surface area (Å²) >= 11 is 0. The van der Waals surface area contributed by atoms with Crippen molar-refractivity contribution in [3.8, 4) is 0 Å². The maximum absolute atomic E-state index is 12.3. The van der Waals surface area contributed by atoms with E-state index in [0.29, 0.717) is 18.7 Å². The molecule has 2 bridgehead atoms. The average Bonchev–Trinajstić information content (AvgIpc) is 2.73. The molecule has 2 aliphatic rings. The first-order valence-corrected chi connectivity index (χ1v) is 6.81. The van der Waals surface area contributed by atoms with Crippen molar-refractivity contribution in [3.63, 3.8) is 0 Å². The van der Waals surface area contributed by atoms with Gasteiger partial charge in [0, 0.05) is 25.4 Å². The van der Waals surface area contributed by atoms with E-state index >= 15 is 0 Å². The zero-order valence-corrected chi connectivity index (χ0v) is 11.9. The lowest BCUT2D eigenvalue weighted by atomic mass is 9.97. The van der Waals surface area contributed by atoms with E-state index in [0.717, 1.165) is 5.57 Å². The van der Waals surface area contributed by atoms with Crippen LogP contribution in [0.2, 0.25) is 0 Å². The molecule has 21 heavy (non-hydrogen) atoms. The molecular formula is C15H17N3O3. The van der Waals surface area contributed by atoms with Gasteiger partial charge in [-0.05, 0) is 17.7 Å². The van der Waals surface area contributed by atoms with Gasteiger partial charge in [0.15, 0.2) is 0 Å². The zero-order valence-electron chi connectivity index (χ0n) is 11.9. The van der Waals surface area contributed by atoms with Gasteiger partial charge in [-0.15, -0.1) is 6.58 Å². The lowest BCUT2D eigenvalue weighted by Crippen LogP contribution is -2.36. The second kappa shape index (κ2) is 5.21. The molecule has 3 heterocycles. The molecule has 6 heteroatoms. The number of aromatic nitrogens is 1. The van der Waals surface area contributed by atoms with Crippen molar-refractivity contribution in [2.75, 3.05) is 19.7 Å². The Morgan fingerprint density at radius 1 is 1.48 bits per heavy atom. The van der Waals surface area contributed by atoms with E-state index in [-0.39, 0.29) is 24.2 Å². The largest absolute Gasteiger partial charge is 0.344 e. The molecule has 0 spiro atoms. The minimum Gasteiger partial charge on any atom is -0.318 e. The molecule has 0 aliphatic carbocycles. The molecule has 0 N–H and O–H groups in total. The van der Waals surface area contributed by atoms with Crippen LogP contribution in [0.15, 0.2) is 41.9 Å². The Bertz CT molecular complexity index is 677. The molecule has 1 unspecified atom stereocenters. The monoisotopic (exact) mass is 287 g/mol. The number of carbonyl (C=O) groups excluding carboxylic acids is 1. The van der Waals surface area contributed by atoms with Gasteiger partial charge in [0.2, 0.25) is 0 Å². The first-order chi connectivity index (χ1) is 10.1. The number of urea groups is 1. The van der Waals surface area contributed by atoms with Crippen molar-refractivity contribution in [1.29, 1.82) is 0 Å². The first-order valence-electron chi connectivity index (χ1n) is 6.81. The predicted molar refractivity (Wildman–Crippen MR) is 78.4 cm³/mol. The topological polar surface area (TPSA) is 54.8 Å². The highest BCUT2D eigenvalue weighted by atomic mass is 16.7. The summed E-state index contributed by atoms with van der Waals surface area (Å²) in [4.78, 5) is 31.7.